The average Bonchev–Trinajstić information content (AvgIpc) is 2.64. The molecule has 0 spiro atoms. The summed E-state index contributed by atoms with van der Waals surface area (Å²) in [7, 11) is 0. The van der Waals surface area contributed by atoms with E-state index < -0.39 is 11.6 Å². The van der Waals surface area contributed by atoms with Gasteiger partial charge in [-0.2, -0.15) is 0 Å². The summed E-state index contributed by atoms with van der Waals surface area (Å²) in [6, 6.07) is 4.53. The van der Waals surface area contributed by atoms with Crippen molar-refractivity contribution in [2.75, 3.05) is 36.4 Å². The summed E-state index contributed by atoms with van der Waals surface area (Å²) in [5.41, 5.74) is -0.00558. The van der Waals surface area contributed by atoms with Gasteiger partial charge in [-0.3, -0.25) is 4.79 Å². The Balaban J connectivity index is 1.56. The topological polar surface area (TPSA) is 62.6 Å². The van der Waals surface area contributed by atoms with Crippen molar-refractivity contribution in [3.05, 3.63) is 48.3 Å². The highest BCUT2D eigenvalue weighted by molar-refractivity contribution is 5.93. The van der Waals surface area contributed by atoms with E-state index in [1.54, 1.807) is 25.4 Å². The van der Waals surface area contributed by atoms with Crippen LogP contribution in [0.3, 0.4) is 0 Å². The van der Waals surface area contributed by atoms with Crippen molar-refractivity contribution in [3.63, 3.8) is 0 Å². The summed E-state index contributed by atoms with van der Waals surface area (Å²) < 4.78 is 26.6. The van der Waals surface area contributed by atoms with Gasteiger partial charge in [-0.1, -0.05) is 0 Å². The molecular formula is C17H20F2N5O+. The number of nitrogens with one attached hydrogen (secondary N) is 2. The number of carbonyl (C=O) groups is 1. The number of quaternary nitrogens is 1. The van der Waals surface area contributed by atoms with Crippen LogP contribution in [0.2, 0.25) is 0 Å². The number of aromatic nitrogens is 2. The largest absolute Gasteiger partial charge is 0.330 e. The van der Waals surface area contributed by atoms with E-state index in [4.69, 9.17) is 0 Å². The second kappa shape index (κ2) is 7.52. The molecule has 2 N–H and O–H groups in total. The maximum absolute atomic E-state index is 13.7. The molecule has 0 aliphatic carbocycles. The fraction of sp³-hybridized carbons (Fsp3) is 0.353. The van der Waals surface area contributed by atoms with Gasteiger partial charge in [0.25, 0.3) is 5.91 Å². The second-order valence-corrected chi connectivity index (χ2v) is 6.03. The molecule has 1 amide bonds. The quantitative estimate of drug-likeness (QED) is 0.844. The van der Waals surface area contributed by atoms with Crippen molar-refractivity contribution >= 4 is 17.5 Å². The first-order valence-electron chi connectivity index (χ1n) is 8.17. The number of hydrogen-bond acceptors (Lipinski definition) is 4. The standard InChI is InChI=1S/C17H19F2N5O/c1-12(16(25)22-15-4-3-13(18)11-14(15)19)23-7-9-24(10-8-23)17-20-5-2-6-21-17/h2-6,11-12H,7-10H2,1H3,(H,22,25)/p+1/t12-/m0/s1. The summed E-state index contributed by atoms with van der Waals surface area (Å²) in [6.07, 6.45) is 3.41. The van der Waals surface area contributed by atoms with Gasteiger partial charge < -0.3 is 15.1 Å². The van der Waals surface area contributed by atoms with Gasteiger partial charge in [0.1, 0.15) is 11.6 Å². The van der Waals surface area contributed by atoms with Gasteiger partial charge in [-0.15, -0.1) is 0 Å². The smallest absolute Gasteiger partial charge is 0.282 e. The van der Waals surface area contributed by atoms with Crippen molar-refractivity contribution in [2.24, 2.45) is 0 Å². The summed E-state index contributed by atoms with van der Waals surface area (Å²) in [5.74, 6) is -1.05. The van der Waals surface area contributed by atoms with E-state index in [1.807, 2.05) is 0 Å². The summed E-state index contributed by atoms with van der Waals surface area (Å²) in [4.78, 5) is 24.0. The average molecular weight is 348 g/mol. The normalized spacial score (nSPS) is 16.5. The Labute approximate surface area is 144 Å². The molecule has 1 aromatic carbocycles. The van der Waals surface area contributed by atoms with Crippen LogP contribution < -0.4 is 15.1 Å². The molecule has 1 aliphatic heterocycles. The molecule has 0 saturated carbocycles. The van der Waals surface area contributed by atoms with Crippen LogP contribution >= 0.6 is 0 Å². The second-order valence-electron chi connectivity index (χ2n) is 6.03. The number of halogens is 2. The minimum atomic E-state index is -0.776. The molecule has 1 aromatic heterocycles. The van der Waals surface area contributed by atoms with Gasteiger partial charge in [0.05, 0.1) is 31.9 Å². The van der Waals surface area contributed by atoms with Crippen LogP contribution in [0.1, 0.15) is 6.92 Å². The van der Waals surface area contributed by atoms with E-state index in [0.717, 1.165) is 43.2 Å². The Hall–Kier alpha value is -2.61. The predicted octanol–water partition coefficient (Wildman–Crippen LogP) is 0.487. The lowest BCUT2D eigenvalue weighted by Crippen LogP contribution is -3.19. The van der Waals surface area contributed by atoms with Gasteiger partial charge in [0.2, 0.25) is 5.95 Å². The van der Waals surface area contributed by atoms with Crippen molar-refractivity contribution in [1.29, 1.82) is 0 Å². The van der Waals surface area contributed by atoms with Gasteiger partial charge in [0.15, 0.2) is 6.04 Å². The molecule has 0 bridgehead atoms. The minimum Gasteiger partial charge on any atom is -0.330 e. The molecule has 132 valence electrons. The Morgan fingerprint density at radius 1 is 1.24 bits per heavy atom. The molecule has 2 heterocycles. The lowest BCUT2D eigenvalue weighted by Gasteiger charge is -2.34. The van der Waals surface area contributed by atoms with E-state index in [9.17, 15) is 13.6 Å². The van der Waals surface area contributed by atoms with E-state index >= 15 is 0 Å². The van der Waals surface area contributed by atoms with E-state index in [2.05, 4.69) is 20.2 Å². The monoisotopic (exact) mass is 348 g/mol. The Kier molecular flexibility index (Phi) is 5.18. The number of amides is 1. The molecule has 3 rings (SSSR count). The van der Waals surface area contributed by atoms with Crippen molar-refractivity contribution in [2.45, 2.75) is 13.0 Å². The summed E-state index contributed by atoms with van der Waals surface area (Å²) >= 11 is 0. The van der Waals surface area contributed by atoms with Crippen LogP contribution in [0.5, 0.6) is 0 Å². The third kappa shape index (κ3) is 4.08. The number of carbonyl (C=O) groups excluding carboxylic acids is 1. The molecule has 2 aromatic rings. The Morgan fingerprint density at radius 2 is 1.92 bits per heavy atom. The maximum Gasteiger partial charge on any atom is 0.282 e. The molecular weight excluding hydrogens is 328 g/mol. The van der Waals surface area contributed by atoms with E-state index in [0.29, 0.717) is 5.95 Å². The van der Waals surface area contributed by atoms with Crippen LogP contribution in [0.15, 0.2) is 36.7 Å². The number of rotatable bonds is 4. The van der Waals surface area contributed by atoms with Crippen molar-refractivity contribution in [3.8, 4) is 0 Å². The fourth-order valence-electron chi connectivity index (χ4n) is 2.90. The molecule has 0 unspecified atom stereocenters. The highest BCUT2D eigenvalue weighted by Crippen LogP contribution is 2.15. The number of anilines is 2. The third-order valence-electron chi connectivity index (χ3n) is 4.44. The zero-order valence-electron chi connectivity index (χ0n) is 13.9. The molecule has 0 radical (unpaired) electrons. The highest BCUT2D eigenvalue weighted by atomic mass is 19.1. The molecule has 25 heavy (non-hydrogen) atoms. The molecule has 1 atom stereocenters. The maximum atomic E-state index is 13.7. The fourth-order valence-corrected chi connectivity index (χ4v) is 2.90. The highest BCUT2D eigenvalue weighted by Gasteiger charge is 2.30. The predicted molar refractivity (Wildman–Crippen MR) is 89.4 cm³/mol. The lowest BCUT2D eigenvalue weighted by atomic mass is 10.2. The molecule has 6 nitrogen and oxygen atoms in total. The number of hydrogen-bond donors (Lipinski definition) is 2. The first-order chi connectivity index (χ1) is 12.0. The summed E-state index contributed by atoms with van der Waals surface area (Å²) in [5, 5.41) is 2.54. The van der Waals surface area contributed by atoms with Crippen LogP contribution in [0.25, 0.3) is 0 Å². The Morgan fingerprint density at radius 3 is 2.56 bits per heavy atom. The first-order valence-corrected chi connectivity index (χ1v) is 8.17. The van der Waals surface area contributed by atoms with Crippen molar-refractivity contribution in [1.82, 2.24) is 9.97 Å². The molecule has 1 aliphatic rings. The lowest BCUT2D eigenvalue weighted by molar-refractivity contribution is -0.914. The first kappa shape index (κ1) is 17.2. The van der Waals surface area contributed by atoms with Gasteiger partial charge in [-0.25, -0.2) is 18.7 Å². The molecule has 8 heteroatoms. The van der Waals surface area contributed by atoms with Crippen LogP contribution in [-0.4, -0.2) is 48.1 Å². The van der Waals surface area contributed by atoms with Gasteiger partial charge in [-0.05, 0) is 25.1 Å². The molecule has 1 fully saturated rings. The van der Waals surface area contributed by atoms with Crippen molar-refractivity contribution < 1.29 is 18.5 Å². The van der Waals surface area contributed by atoms with Gasteiger partial charge >= 0.3 is 0 Å². The van der Waals surface area contributed by atoms with Gasteiger partial charge in [0, 0.05) is 18.5 Å². The van der Waals surface area contributed by atoms with E-state index in [1.165, 1.54) is 6.07 Å². The SMILES string of the molecule is C[C@@H](C(=O)Nc1ccc(F)cc1F)[NH+]1CCN(c2ncccn2)CC1. The zero-order chi connectivity index (χ0) is 17.8. The van der Waals surface area contributed by atoms with Crippen LogP contribution in [0.4, 0.5) is 20.4 Å². The summed E-state index contributed by atoms with van der Waals surface area (Å²) in [6.45, 7) is 4.78. The number of piperazine rings is 1. The third-order valence-corrected chi connectivity index (χ3v) is 4.44. The van der Waals surface area contributed by atoms with E-state index in [-0.39, 0.29) is 17.6 Å². The van der Waals surface area contributed by atoms with Crippen LogP contribution in [0, 0.1) is 11.6 Å². The zero-order valence-corrected chi connectivity index (χ0v) is 13.9. The molecule has 1 saturated heterocycles. The minimum absolute atomic E-state index is 0.00558. The Bertz CT molecular complexity index is 735. The number of benzene rings is 1. The van der Waals surface area contributed by atoms with Crippen LogP contribution in [-0.2, 0) is 4.79 Å². The number of nitrogens with zero attached hydrogens (tertiary/aromatic N) is 3.